The second-order valence-electron chi connectivity index (χ2n) is 4.03. The first-order chi connectivity index (χ1) is 9.43. The van der Waals surface area contributed by atoms with Gasteiger partial charge >= 0.3 is 5.97 Å². The summed E-state index contributed by atoms with van der Waals surface area (Å²) in [5, 5.41) is 12.7. The van der Waals surface area contributed by atoms with Crippen molar-refractivity contribution in [3.63, 3.8) is 0 Å². The predicted octanol–water partition coefficient (Wildman–Crippen LogP) is 2.39. The van der Waals surface area contributed by atoms with Crippen molar-refractivity contribution in [2.45, 2.75) is 13.3 Å². The first-order valence-corrected chi connectivity index (χ1v) is 6.55. The van der Waals surface area contributed by atoms with E-state index in [-0.39, 0.29) is 11.3 Å². The Morgan fingerprint density at radius 3 is 2.80 bits per heavy atom. The largest absolute Gasteiger partial charge is 0.476 e. The van der Waals surface area contributed by atoms with E-state index in [0.29, 0.717) is 10.9 Å². The summed E-state index contributed by atoms with van der Waals surface area (Å²) in [6.45, 7) is 1.71. The first-order valence-electron chi connectivity index (χ1n) is 5.75. The molecule has 1 aromatic carbocycles. The van der Waals surface area contributed by atoms with Gasteiger partial charge in [0.05, 0.1) is 0 Å². The van der Waals surface area contributed by atoms with Crippen molar-refractivity contribution in [1.82, 2.24) is 9.78 Å². The average Bonchev–Trinajstić information content (AvgIpc) is 2.41. The molecule has 5 nitrogen and oxygen atoms in total. The van der Waals surface area contributed by atoms with E-state index in [9.17, 15) is 14.0 Å². The molecule has 0 aliphatic carbocycles. The van der Waals surface area contributed by atoms with E-state index in [4.69, 9.17) is 5.11 Å². The number of carbonyl (C=O) groups is 1. The average molecular weight is 341 g/mol. The number of aromatic carboxylic acids is 1. The number of carboxylic acids is 1. The van der Waals surface area contributed by atoms with Crippen LogP contribution in [0.15, 0.2) is 33.7 Å². The maximum atomic E-state index is 13.8. The van der Waals surface area contributed by atoms with E-state index in [0.717, 1.165) is 4.68 Å². The minimum Gasteiger partial charge on any atom is -0.476 e. The molecule has 20 heavy (non-hydrogen) atoms. The molecule has 0 amide bonds. The number of aromatic nitrogens is 2. The smallest absolute Gasteiger partial charge is 0.360 e. The number of rotatable bonds is 3. The predicted molar refractivity (Wildman–Crippen MR) is 73.8 cm³/mol. The van der Waals surface area contributed by atoms with E-state index in [1.807, 2.05) is 0 Å². The third kappa shape index (κ3) is 2.62. The van der Waals surface area contributed by atoms with Gasteiger partial charge in [-0.2, -0.15) is 5.10 Å². The van der Waals surface area contributed by atoms with Crippen LogP contribution >= 0.6 is 15.9 Å². The van der Waals surface area contributed by atoms with E-state index in [1.54, 1.807) is 6.92 Å². The van der Waals surface area contributed by atoms with Crippen LogP contribution in [0.4, 0.5) is 4.39 Å². The fraction of sp³-hybridized carbons (Fsp3) is 0.154. The van der Waals surface area contributed by atoms with Crippen molar-refractivity contribution >= 4 is 21.9 Å². The topological polar surface area (TPSA) is 72.2 Å². The van der Waals surface area contributed by atoms with Crippen LogP contribution in [0.2, 0.25) is 0 Å². The van der Waals surface area contributed by atoms with Gasteiger partial charge in [0.15, 0.2) is 0 Å². The summed E-state index contributed by atoms with van der Waals surface area (Å²) >= 11 is 3.21. The van der Waals surface area contributed by atoms with E-state index >= 15 is 0 Å². The van der Waals surface area contributed by atoms with Crippen LogP contribution in [-0.4, -0.2) is 20.9 Å². The first kappa shape index (κ1) is 14.4. The van der Waals surface area contributed by atoms with Crippen molar-refractivity contribution in [3.8, 4) is 5.69 Å². The Morgan fingerprint density at radius 2 is 2.20 bits per heavy atom. The zero-order valence-corrected chi connectivity index (χ0v) is 12.0. The molecule has 0 radical (unpaired) electrons. The molecule has 0 saturated heterocycles. The molecule has 1 N–H and O–H groups in total. The summed E-state index contributed by atoms with van der Waals surface area (Å²) in [7, 11) is 0. The van der Waals surface area contributed by atoms with Crippen LogP contribution in [0.3, 0.4) is 0 Å². The van der Waals surface area contributed by atoms with Gasteiger partial charge in [-0.3, -0.25) is 4.79 Å². The maximum Gasteiger partial charge on any atom is 0.360 e. The summed E-state index contributed by atoms with van der Waals surface area (Å²) in [5.41, 5.74) is -0.941. The van der Waals surface area contributed by atoms with Gasteiger partial charge < -0.3 is 5.11 Å². The summed E-state index contributed by atoms with van der Waals surface area (Å²) in [6.07, 6.45) is 1.68. The number of hydrogen-bond acceptors (Lipinski definition) is 3. The molecule has 1 heterocycles. The lowest BCUT2D eigenvalue weighted by molar-refractivity contribution is 0.0686. The van der Waals surface area contributed by atoms with Crippen LogP contribution in [0.1, 0.15) is 23.0 Å². The minimum atomic E-state index is -1.44. The third-order valence-electron chi connectivity index (χ3n) is 2.73. The third-order valence-corrected chi connectivity index (χ3v) is 3.22. The number of hydrogen-bond donors (Lipinski definition) is 1. The monoisotopic (exact) mass is 340 g/mol. The summed E-state index contributed by atoms with van der Waals surface area (Å²) in [6, 6.07) is 4.20. The molecule has 2 aromatic rings. The lowest BCUT2D eigenvalue weighted by atomic mass is 10.2. The molecule has 0 spiro atoms. The molecule has 1 aromatic heterocycles. The summed E-state index contributed by atoms with van der Waals surface area (Å²) in [4.78, 5) is 22.9. The molecule has 2 rings (SSSR count). The second-order valence-corrected chi connectivity index (χ2v) is 4.95. The van der Waals surface area contributed by atoms with Gasteiger partial charge in [0.2, 0.25) is 11.1 Å². The Balaban J connectivity index is 2.75. The minimum absolute atomic E-state index is 0.0663. The maximum absolute atomic E-state index is 13.8. The molecular weight excluding hydrogens is 331 g/mol. The fourth-order valence-electron chi connectivity index (χ4n) is 1.72. The molecular formula is C13H10BrFN2O3. The highest BCUT2D eigenvalue weighted by Crippen LogP contribution is 2.18. The number of aryl methyl sites for hydroxylation is 1. The zero-order valence-electron chi connectivity index (χ0n) is 10.4. The van der Waals surface area contributed by atoms with Crippen molar-refractivity contribution in [1.29, 1.82) is 0 Å². The van der Waals surface area contributed by atoms with Crippen molar-refractivity contribution in [3.05, 3.63) is 56.2 Å². The van der Waals surface area contributed by atoms with Gasteiger partial charge in [-0.25, -0.2) is 13.9 Å². The molecule has 0 aliphatic rings. The molecule has 0 unspecified atom stereocenters. The van der Waals surface area contributed by atoms with Gasteiger partial charge in [-0.05, 0) is 24.6 Å². The highest BCUT2D eigenvalue weighted by molar-refractivity contribution is 9.10. The van der Waals surface area contributed by atoms with Gasteiger partial charge in [-0.15, -0.1) is 0 Å². The molecule has 0 aliphatic heterocycles. The van der Waals surface area contributed by atoms with Crippen LogP contribution in [-0.2, 0) is 6.42 Å². The summed E-state index contributed by atoms with van der Waals surface area (Å²) in [5.74, 6) is -2.00. The SMILES string of the molecule is CCc1cn(-c2cc(Br)ccc2F)nc(C(=O)O)c1=O. The van der Waals surface area contributed by atoms with E-state index in [2.05, 4.69) is 21.0 Å². The van der Waals surface area contributed by atoms with E-state index in [1.165, 1.54) is 24.4 Å². The number of benzene rings is 1. The normalized spacial score (nSPS) is 10.6. The van der Waals surface area contributed by atoms with Gasteiger partial charge in [0.25, 0.3) is 0 Å². The molecule has 0 bridgehead atoms. The highest BCUT2D eigenvalue weighted by atomic mass is 79.9. The van der Waals surface area contributed by atoms with Crippen LogP contribution in [0.5, 0.6) is 0 Å². The van der Waals surface area contributed by atoms with Gasteiger partial charge in [0.1, 0.15) is 11.5 Å². The highest BCUT2D eigenvalue weighted by Gasteiger charge is 2.16. The standard InChI is InChI=1S/C13H10BrFN2O3/c1-2-7-6-17(16-11(12(7)18)13(19)20)10-5-8(14)3-4-9(10)15/h3-6H,2H2,1H3,(H,19,20). The molecule has 104 valence electrons. The number of nitrogens with zero attached hydrogens (tertiary/aromatic N) is 2. The lowest BCUT2D eigenvalue weighted by Gasteiger charge is -2.10. The summed E-state index contributed by atoms with van der Waals surface area (Å²) < 4.78 is 15.5. The van der Waals surface area contributed by atoms with Crippen LogP contribution in [0.25, 0.3) is 5.69 Å². The van der Waals surface area contributed by atoms with Gasteiger partial charge in [0, 0.05) is 16.2 Å². The fourth-order valence-corrected chi connectivity index (χ4v) is 2.07. The Labute approximate surface area is 121 Å². The Kier molecular flexibility index (Phi) is 3.99. The Bertz CT molecular complexity index is 743. The Morgan fingerprint density at radius 1 is 1.50 bits per heavy atom. The number of halogens is 2. The molecule has 0 saturated carbocycles. The van der Waals surface area contributed by atoms with Crippen LogP contribution < -0.4 is 5.43 Å². The molecule has 0 fully saturated rings. The van der Waals surface area contributed by atoms with Crippen LogP contribution in [0, 0.1) is 5.82 Å². The number of carboxylic acid groups (broad SMARTS) is 1. The second kappa shape index (κ2) is 5.54. The van der Waals surface area contributed by atoms with Crippen molar-refractivity contribution in [2.24, 2.45) is 0 Å². The molecule has 7 heteroatoms. The molecule has 0 atom stereocenters. The lowest BCUT2D eigenvalue weighted by Crippen LogP contribution is -2.24. The van der Waals surface area contributed by atoms with Gasteiger partial charge in [-0.1, -0.05) is 22.9 Å². The quantitative estimate of drug-likeness (QED) is 0.931. The van der Waals surface area contributed by atoms with Crippen molar-refractivity contribution in [2.75, 3.05) is 0 Å². The van der Waals surface area contributed by atoms with Crippen molar-refractivity contribution < 1.29 is 14.3 Å². The van der Waals surface area contributed by atoms with E-state index < -0.39 is 22.9 Å². The zero-order chi connectivity index (χ0) is 14.9. The Hall–Kier alpha value is -2.02.